The first kappa shape index (κ1) is 13.1. The molecule has 0 spiro atoms. The minimum Gasteiger partial charge on any atom is -0.464 e. The van der Waals surface area contributed by atoms with Crippen molar-refractivity contribution in [3.8, 4) is 17.4 Å². The quantitative estimate of drug-likeness (QED) is 0.843. The molecule has 0 atom stereocenters. The molecular weight excluding hydrogens is 244 g/mol. The van der Waals surface area contributed by atoms with Crippen LogP contribution in [-0.4, -0.2) is 38.1 Å². The Hall–Kier alpha value is -2.31. The largest absolute Gasteiger partial charge is 0.464 e. The van der Waals surface area contributed by atoms with Crippen LogP contribution >= 0.6 is 0 Å². The van der Waals surface area contributed by atoms with Gasteiger partial charge in [0.25, 0.3) is 0 Å². The number of nitrogens with one attached hydrogen (secondary N) is 1. The Labute approximate surface area is 111 Å². The molecule has 0 fully saturated rings. The van der Waals surface area contributed by atoms with Gasteiger partial charge in [-0.15, -0.1) is 0 Å². The number of anilines is 1. The Balaban J connectivity index is 2.33. The number of hydrogen-bond donors (Lipinski definition) is 1. The van der Waals surface area contributed by atoms with Crippen LogP contribution in [0.3, 0.4) is 0 Å². The predicted molar refractivity (Wildman–Crippen MR) is 70.8 cm³/mol. The van der Waals surface area contributed by atoms with E-state index in [4.69, 9.17) is 4.74 Å². The molecule has 0 aromatic carbocycles. The smallest absolute Gasteiger partial charge is 0.321 e. The fourth-order valence-electron chi connectivity index (χ4n) is 1.41. The molecule has 100 valence electrons. The highest BCUT2D eigenvalue weighted by Crippen LogP contribution is 2.16. The lowest BCUT2D eigenvalue weighted by Gasteiger charge is -2.07. The molecule has 0 aliphatic carbocycles. The minimum absolute atomic E-state index is 0.301. The maximum absolute atomic E-state index is 5.35. The minimum atomic E-state index is 0.301. The van der Waals surface area contributed by atoms with Gasteiger partial charge < -0.3 is 10.1 Å². The lowest BCUT2D eigenvalue weighted by Crippen LogP contribution is -2.08. The summed E-state index contributed by atoms with van der Waals surface area (Å²) in [6.45, 7) is 5.25. The SMILES string of the molecule is CCCNc1nc(OCC)nc(-c2cncnc2)n1. The van der Waals surface area contributed by atoms with E-state index in [-0.39, 0.29) is 0 Å². The Bertz CT molecular complexity index is 519. The van der Waals surface area contributed by atoms with Crippen LogP contribution < -0.4 is 10.1 Å². The first-order valence-electron chi connectivity index (χ1n) is 6.21. The van der Waals surface area contributed by atoms with Gasteiger partial charge in [-0.25, -0.2) is 9.97 Å². The van der Waals surface area contributed by atoms with E-state index < -0.39 is 0 Å². The van der Waals surface area contributed by atoms with Crippen LogP contribution in [0, 0.1) is 0 Å². The number of aromatic nitrogens is 5. The number of hydrogen-bond acceptors (Lipinski definition) is 7. The van der Waals surface area contributed by atoms with Gasteiger partial charge in [0.05, 0.1) is 12.2 Å². The second kappa shape index (κ2) is 6.58. The molecule has 0 saturated carbocycles. The molecular formula is C12H16N6O. The lowest BCUT2D eigenvalue weighted by molar-refractivity contribution is 0.312. The summed E-state index contributed by atoms with van der Waals surface area (Å²) in [6, 6.07) is 0.301. The number of nitrogens with zero attached hydrogens (tertiary/aromatic N) is 5. The van der Waals surface area contributed by atoms with Crippen LogP contribution in [0.15, 0.2) is 18.7 Å². The zero-order chi connectivity index (χ0) is 13.5. The van der Waals surface area contributed by atoms with Gasteiger partial charge in [-0.1, -0.05) is 6.92 Å². The van der Waals surface area contributed by atoms with E-state index in [1.165, 1.54) is 6.33 Å². The maximum Gasteiger partial charge on any atom is 0.321 e. The van der Waals surface area contributed by atoms with E-state index >= 15 is 0 Å². The molecule has 1 N–H and O–H groups in total. The van der Waals surface area contributed by atoms with Gasteiger partial charge in [0, 0.05) is 18.9 Å². The first-order valence-corrected chi connectivity index (χ1v) is 6.21. The summed E-state index contributed by atoms with van der Waals surface area (Å²) in [5, 5.41) is 3.12. The van der Waals surface area contributed by atoms with E-state index in [0.717, 1.165) is 18.5 Å². The summed E-state index contributed by atoms with van der Waals surface area (Å²) in [4.78, 5) is 20.7. The summed E-state index contributed by atoms with van der Waals surface area (Å²) in [7, 11) is 0. The van der Waals surface area contributed by atoms with E-state index in [2.05, 4.69) is 37.2 Å². The van der Waals surface area contributed by atoms with Crippen LogP contribution in [-0.2, 0) is 0 Å². The second-order valence-corrected chi connectivity index (χ2v) is 3.75. The summed E-state index contributed by atoms with van der Waals surface area (Å²) in [6.07, 6.45) is 5.76. The zero-order valence-electron chi connectivity index (χ0n) is 11.0. The maximum atomic E-state index is 5.35. The summed E-state index contributed by atoms with van der Waals surface area (Å²) in [5.41, 5.74) is 0.727. The molecule has 19 heavy (non-hydrogen) atoms. The zero-order valence-corrected chi connectivity index (χ0v) is 11.0. The third-order valence-corrected chi connectivity index (χ3v) is 2.24. The average Bonchev–Trinajstić information content (AvgIpc) is 2.46. The van der Waals surface area contributed by atoms with Crippen molar-refractivity contribution in [2.45, 2.75) is 20.3 Å². The van der Waals surface area contributed by atoms with Crippen LogP contribution in [0.5, 0.6) is 6.01 Å². The molecule has 0 unspecified atom stereocenters. The molecule has 0 amide bonds. The molecule has 0 aliphatic rings. The van der Waals surface area contributed by atoms with E-state index in [9.17, 15) is 0 Å². The Morgan fingerprint density at radius 1 is 1.11 bits per heavy atom. The highest BCUT2D eigenvalue weighted by atomic mass is 16.5. The van der Waals surface area contributed by atoms with Crippen LogP contribution in [0.25, 0.3) is 11.4 Å². The molecule has 0 saturated heterocycles. The molecule has 2 aromatic rings. The van der Waals surface area contributed by atoms with Crippen LogP contribution in [0.1, 0.15) is 20.3 Å². The highest BCUT2D eigenvalue weighted by Gasteiger charge is 2.09. The molecule has 2 aromatic heterocycles. The topological polar surface area (TPSA) is 85.7 Å². The molecule has 0 aliphatic heterocycles. The van der Waals surface area contributed by atoms with E-state index in [1.807, 2.05) is 6.92 Å². The normalized spacial score (nSPS) is 10.2. The van der Waals surface area contributed by atoms with E-state index in [0.29, 0.717) is 24.4 Å². The lowest BCUT2D eigenvalue weighted by atomic mass is 10.3. The summed E-state index contributed by atoms with van der Waals surface area (Å²) < 4.78 is 5.35. The third kappa shape index (κ3) is 3.57. The van der Waals surface area contributed by atoms with Crippen molar-refractivity contribution in [1.82, 2.24) is 24.9 Å². The van der Waals surface area contributed by atoms with Gasteiger partial charge in [-0.05, 0) is 13.3 Å². The predicted octanol–water partition coefficient (Wildman–Crippen LogP) is 1.55. The van der Waals surface area contributed by atoms with Crippen molar-refractivity contribution in [2.24, 2.45) is 0 Å². The molecule has 0 bridgehead atoms. The van der Waals surface area contributed by atoms with Gasteiger partial charge in [-0.3, -0.25) is 0 Å². The molecule has 2 rings (SSSR count). The summed E-state index contributed by atoms with van der Waals surface area (Å²) >= 11 is 0. The highest BCUT2D eigenvalue weighted by molar-refractivity contribution is 5.53. The van der Waals surface area contributed by atoms with Crippen molar-refractivity contribution in [3.05, 3.63) is 18.7 Å². The third-order valence-electron chi connectivity index (χ3n) is 2.24. The Kier molecular flexibility index (Phi) is 4.54. The van der Waals surface area contributed by atoms with Crippen molar-refractivity contribution in [2.75, 3.05) is 18.5 Å². The standard InChI is InChI=1S/C12H16N6O/c1-3-5-15-11-16-10(9-6-13-8-14-7-9)17-12(18-11)19-4-2/h6-8H,3-5H2,1-2H3,(H,15,16,17,18). The monoisotopic (exact) mass is 260 g/mol. The summed E-state index contributed by atoms with van der Waals surface area (Å²) in [5.74, 6) is 0.997. The number of ether oxygens (including phenoxy) is 1. The average molecular weight is 260 g/mol. The molecule has 7 heteroatoms. The van der Waals surface area contributed by atoms with Crippen molar-refractivity contribution >= 4 is 5.95 Å². The van der Waals surface area contributed by atoms with Crippen molar-refractivity contribution in [1.29, 1.82) is 0 Å². The van der Waals surface area contributed by atoms with Gasteiger partial charge in [0.1, 0.15) is 6.33 Å². The van der Waals surface area contributed by atoms with Crippen molar-refractivity contribution in [3.63, 3.8) is 0 Å². The van der Waals surface area contributed by atoms with Crippen LogP contribution in [0.4, 0.5) is 5.95 Å². The van der Waals surface area contributed by atoms with Gasteiger partial charge in [-0.2, -0.15) is 15.0 Å². The van der Waals surface area contributed by atoms with E-state index in [1.54, 1.807) is 12.4 Å². The Morgan fingerprint density at radius 3 is 2.58 bits per heavy atom. The fraction of sp³-hybridized carbons (Fsp3) is 0.417. The molecule has 0 radical (unpaired) electrons. The van der Waals surface area contributed by atoms with Crippen LogP contribution in [0.2, 0.25) is 0 Å². The van der Waals surface area contributed by atoms with Gasteiger partial charge in [0.2, 0.25) is 5.95 Å². The molecule has 2 heterocycles. The fourth-order valence-corrected chi connectivity index (χ4v) is 1.41. The van der Waals surface area contributed by atoms with Crippen molar-refractivity contribution < 1.29 is 4.74 Å². The van der Waals surface area contributed by atoms with Gasteiger partial charge >= 0.3 is 6.01 Å². The number of rotatable bonds is 6. The Morgan fingerprint density at radius 2 is 1.89 bits per heavy atom. The molecule has 7 nitrogen and oxygen atoms in total. The second-order valence-electron chi connectivity index (χ2n) is 3.75. The first-order chi connectivity index (χ1) is 9.33. The van der Waals surface area contributed by atoms with Gasteiger partial charge in [0.15, 0.2) is 5.82 Å².